The molecule has 0 aliphatic rings. The van der Waals surface area contributed by atoms with Crippen LogP contribution in [0.5, 0.6) is 0 Å². The zero-order chi connectivity index (χ0) is 13.1. The van der Waals surface area contributed by atoms with Crippen LogP contribution < -0.4 is 11.3 Å². The van der Waals surface area contributed by atoms with Crippen molar-refractivity contribution in [2.24, 2.45) is 5.84 Å². The molecule has 2 nitrogen and oxygen atoms in total. The highest BCUT2D eigenvalue weighted by Gasteiger charge is 2.27. The van der Waals surface area contributed by atoms with Crippen molar-refractivity contribution in [2.45, 2.75) is 38.4 Å². The number of nitrogens with two attached hydrogens (primary N) is 1. The number of alkyl halides is 3. The van der Waals surface area contributed by atoms with Gasteiger partial charge in [-0.1, -0.05) is 0 Å². The fraction of sp³-hybridized carbons (Fsp3) is 0.600. The zero-order valence-corrected chi connectivity index (χ0v) is 11.7. The largest absolute Gasteiger partial charge is 0.389 e. The Labute approximate surface area is 110 Å². The molecule has 0 bridgehead atoms. The van der Waals surface area contributed by atoms with E-state index in [9.17, 15) is 13.2 Å². The first-order chi connectivity index (χ1) is 7.83. The first-order valence-corrected chi connectivity index (χ1v) is 6.73. The average Bonchev–Trinajstić information content (AvgIpc) is 2.52. The molecule has 0 saturated heterocycles. The molecule has 7 heteroatoms. The molecule has 3 N–H and O–H groups in total. The molecule has 1 heterocycles. The monoisotopic (exact) mass is 330 g/mol. The van der Waals surface area contributed by atoms with Gasteiger partial charge in [0.05, 0.1) is 9.83 Å². The Morgan fingerprint density at radius 1 is 1.53 bits per heavy atom. The van der Waals surface area contributed by atoms with Crippen molar-refractivity contribution in [2.75, 3.05) is 0 Å². The lowest BCUT2D eigenvalue weighted by Crippen LogP contribution is -2.27. The minimum absolute atomic E-state index is 0.0763. The fourth-order valence-electron chi connectivity index (χ4n) is 1.47. The van der Waals surface area contributed by atoms with Crippen molar-refractivity contribution in [1.82, 2.24) is 5.43 Å². The van der Waals surface area contributed by atoms with Gasteiger partial charge in [-0.05, 0) is 47.3 Å². The summed E-state index contributed by atoms with van der Waals surface area (Å²) in [5.41, 5.74) is 3.64. The Kier molecular flexibility index (Phi) is 5.43. The van der Waals surface area contributed by atoms with E-state index in [1.54, 1.807) is 0 Å². The molecule has 98 valence electrons. The van der Waals surface area contributed by atoms with E-state index in [4.69, 9.17) is 5.84 Å². The number of hydrogen-bond acceptors (Lipinski definition) is 3. The lowest BCUT2D eigenvalue weighted by Gasteiger charge is -2.14. The summed E-state index contributed by atoms with van der Waals surface area (Å²) in [6.45, 7) is 1.94. The normalized spacial score (nSPS) is 14.0. The highest BCUT2D eigenvalue weighted by atomic mass is 79.9. The summed E-state index contributed by atoms with van der Waals surface area (Å²) in [5.74, 6) is 5.37. The Morgan fingerprint density at radius 3 is 2.59 bits per heavy atom. The van der Waals surface area contributed by atoms with E-state index < -0.39 is 12.6 Å². The molecule has 1 aromatic rings. The van der Waals surface area contributed by atoms with E-state index in [0.29, 0.717) is 6.42 Å². The van der Waals surface area contributed by atoms with Crippen LogP contribution in [0.1, 0.15) is 35.7 Å². The first-order valence-electron chi connectivity index (χ1n) is 5.12. The molecule has 0 fully saturated rings. The third-order valence-electron chi connectivity index (χ3n) is 2.37. The van der Waals surface area contributed by atoms with Crippen LogP contribution in [0.15, 0.2) is 9.85 Å². The minimum atomic E-state index is -4.09. The first kappa shape index (κ1) is 14.9. The summed E-state index contributed by atoms with van der Waals surface area (Å²) in [7, 11) is 0. The highest BCUT2D eigenvalue weighted by Crippen LogP contribution is 2.34. The molecule has 1 atom stereocenters. The van der Waals surface area contributed by atoms with Gasteiger partial charge in [-0.15, -0.1) is 11.3 Å². The van der Waals surface area contributed by atoms with Crippen molar-refractivity contribution in [3.63, 3.8) is 0 Å². The van der Waals surface area contributed by atoms with Gasteiger partial charge >= 0.3 is 6.18 Å². The van der Waals surface area contributed by atoms with Crippen molar-refractivity contribution in [3.8, 4) is 0 Å². The van der Waals surface area contributed by atoms with Crippen LogP contribution in [0, 0.1) is 6.92 Å². The predicted octanol–water partition coefficient (Wildman–Crippen LogP) is 4.06. The Hall–Kier alpha value is -0.110. The average molecular weight is 331 g/mol. The maximum atomic E-state index is 12.0. The number of hydrogen-bond donors (Lipinski definition) is 2. The van der Waals surface area contributed by atoms with E-state index in [0.717, 1.165) is 14.2 Å². The number of hydrazine groups is 1. The quantitative estimate of drug-likeness (QED) is 0.631. The maximum Gasteiger partial charge on any atom is 0.389 e. The Bertz CT molecular complexity index is 345. The van der Waals surface area contributed by atoms with Crippen molar-refractivity contribution >= 4 is 27.3 Å². The van der Waals surface area contributed by atoms with Gasteiger partial charge in [0, 0.05) is 11.3 Å². The van der Waals surface area contributed by atoms with Crippen LogP contribution in [-0.4, -0.2) is 6.18 Å². The van der Waals surface area contributed by atoms with Gasteiger partial charge in [0.25, 0.3) is 0 Å². The molecular formula is C10H14BrF3N2S. The smallest absolute Gasteiger partial charge is 0.271 e. The van der Waals surface area contributed by atoms with Gasteiger partial charge in [-0.25, -0.2) is 0 Å². The molecular weight excluding hydrogens is 317 g/mol. The topological polar surface area (TPSA) is 38.0 Å². The predicted molar refractivity (Wildman–Crippen MR) is 66.7 cm³/mol. The van der Waals surface area contributed by atoms with Crippen molar-refractivity contribution in [3.05, 3.63) is 20.3 Å². The van der Waals surface area contributed by atoms with E-state index in [-0.39, 0.29) is 12.5 Å². The number of thiophene rings is 1. The summed E-state index contributed by atoms with van der Waals surface area (Å²) in [6.07, 6.45) is -4.41. The van der Waals surface area contributed by atoms with Gasteiger partial charge < -0.3 is 0 Å². The van der Waals surface area contributed by atoms with Crippen LogP contribution in [0.3, 0.4) is 0 Å². The number of aryl methyl sites for hydroxylation is 1. The van der Waals surface area contributed by atoms with E-state index in [1.165, 1.54) is 11.3 Å². The summed E-state index contributed by atoms with van der Waals surface area (Å²) < 4.78 is 37.1. The van der Waals surface area contributed by atoms with Crippen molar-refractivity contribution in [1.29, 1.82) is 0 Å². The second-order valence-electron chi connectivity index (χ2n) is 3.83. The van der Waals surface area contributed by atoms with Crippen LogP contribution in [0.4, 0.5) is 13.2 Å². The lowest BCUT2D eigenvalue weighted by molar-refractivity contribution is -0.135. The third-order valence-corrected chi connectivity index (χ3v) is 4.62. The number of halogens is 4. The standard InChI is InChI=1S/C10H14BrF3N2S/c1-6-5-8(17-9(6)11)7(16-15)3-2-4-10(12,13)14/h5,7,16H,2-4,15H2,1H3. The van der Waals surface area contributed by atoms with E-state index >= 15 is 0 Å². The lowest BCUT2D eigenvalue weighted by atomic mass is 10.1. The van der Waals surface area contributed by atoms with Crippen LogP contribution >= 0.6 is 27.3 Å². The SMILES string of the molecule is Cc1cc(C(CCCC(F)(F)F)NN)sc1Br. The number of rotatable bonds is 5. The van der Waals surface area contributed by atoms with Crippen LogP contribution in [-0.2, 0) is 0 Å². The minimum Gasteiger partial charge on any atom is -0.271 e. The van der Waals surface area contributed by atoms with Gasteiger partial charge in [-0.2, -0.15) is 13.2 Å². The van der Waals surface area contributed by atoms with Crippen molar-refractivity contribution < 1.29 is 13.2 Å². The summed E-state index contributed by atoms with van der Waals surface area (Å²) >= 11 is 4.88. The summed E-state index contributed by atoms with van der Waals surface area (Å²) in [5, 5.41) is 0. The van der Waals surface area contributed by atoms with Gasteiger partial charge in [0.1, 0.15) is 0 Å². The van der Waals surface area contributed by atoms with Gasteiger partial charge in [-0.3, -0.25) is 11.3 Å². The zero-order valence-electron chi connectivity index (χ0n) is 9.27. The highest BCUT2D eigenvalue weighted by molar-refractivity contribution is 9.11. The molecule has 17 heavy (non-hydrogen) atoms. The second-order valence-corrected chi connectivity index (χ2v) is 6.23. The molecule has 1 unspecified atom stereocenters. The van der Waals surface area contributed by atoms with Crippen LogP contribution in [0.2, 0.25) is 0 Å². The molecule has 0 aromatic carbocycles. The number of nitrogens with one attached hydrogen (secondary N) is 1. The molecule has 0 aliphatic heterocycles. The van der Waals surface area contributed by atoms with Crippen LogP contribution in [0.25, 0.3) is 0 Å². The Balaban J connectivity index is 2.54. The molecule has 0 radical (unpaired) electrons. The summed E-state index contributed by atoms with van der Waals surface area (Å²) in [6, 6.07) is 1.72. The molecule has 1 aromatic heterocycles. The third kappa shape index (κ3) is 4.95. The fourth-order valence-corrected chi connectivity index (χ4v) is 3.14. The molecule has 0 aliphatic carbocycles. The van der Waals surface area contributed by atoms with Gasteiger partial charge in [0.15, 0.2) is 0 Å². The maximum absolute atomic E-state index is 12.0. The van der Waals surface area contributed by atoms with Gasteiger partial charge in [0.2, 0.25) is 0 Å². The van der Waals surface area contributed by atoms with E-state index in [1.807, 2.05) is 13.0 Å². The second kappa shape index (κ2) is 6.17. The molecule has 1 rings (SSSR count). The molecule has 0 spiro atoms. The molecule has 0 saturated carbocycles. The van der Waals surface area contributed by atoms with E-state index in [2.05, 4.69) is 21.4 Å². The molecule has 0 amide bonds. The summed E-state index contributed by atoms with van der Waals surface area (Å²) in [4.78, 5) is 0.957. The Morgan fingerprint density at radius 2 is 2.18 bits per heavy atom.